The summed E-state index contributed by atoms with van der Waals surface area (Å²) < 4.78 is 0. The number of rotatable bonds is 6. The molecule has 26 heavy (non-hydrogen) atoms. The van der Waals surface area contributed by atoms with Gasteiger partial charge in [0.05, 0.1) is 23.0 Å². The maximum Gasteiger partial charge on any atom is 0.255 e. The molecule has 132 valence electrons. The second kappa shape index (κ2) is 7.98. The number of nitrogens with zero attached hydrogens (tertiary/aromatic N) is 1. The molecule has 0 aliphatic heterocycles. The molecule has 0 aliphatic carbocycles. The molecule has 0 spiro atoms. The first kappa shape index (κ1) is 17.2. The third kappa shape index (κ3) is 3.89. The third-order valence-electron chi connectivity index (χ3n) is 3.79. The lowest BCUT2D eigenvalue weighted by Crippen LogP contribution is -2.34. The smallest absolute Gasteiger partial charge is 0.255 e. The number of aromatic hydroxyl groups is 1. The van der Waals surface area contributed by atoms with Gasteiger partial charge in [-0.25, -0.2) is 0 Å². The molecule has 0 saturated carbocycles. The molecule has 0 unspecified atom stereocenters. The minimum atomic E-state index is -0.398. The first-order valence-electron chi connectivity index (χ1n) is 8.10. The minimum absolute atomic E-state index is 0.0834. The van der Waals surface area contributed by atoms with E-state index in [1.54, 1.807) is 12.1 Å². The van der Waals surface area contributed by atoms with Gasteiger partial charge in [-0.1, -0.05) is 42.5 Å². The monoisotopic (exact) mass is 350 g/mol. The molecular weight excluding hydrogens is 332 g/mol. The highest BCUT2D eigenvalue weighted by molar-refractivity contribution is 6.00. The molecule has 2 aromatic carbocycles. The highest BCUT2D eigenvalue weighted by Crippen LogP contribution is 2.20. The second-order valence-electron chi connectivity index (χ2n) is 5.55. The van der Waals surface area contributed by atoms with Crippen molar-refractivity contribution in [2.24, 2.45) is 0 Å². The first-order chi connectivity index (χ1) is 12.7. The van der Waals surface area contributed by atoms with Gasteiger partial charge in [-0.3, -0.25) is 14.7 Å². The van der Waals surface area contributed by atoms with Gasteiger partial charge in [0.15, 0.2) is 0 Å². The summed E-state index contributed by atoms with van der Waals surface area (Å²) in [5.41, 5.74) is 2.13. The topological polar surface area (TPSA) is 107 Å². The van der Waals surface area contributed by atoms with Crippen LogP contribution in [-0.2, 0) is 0 Å². The summed E-state index contributed by atoms with van der Waals surface area (Å²) in [6, 6.07) is 15.7. The summed E-state index contributed by atoms with van der Waals surface area (Å²) in [5, 5.41) is 21.8. The van der Waals surface area contributed by atoms with Gasteiger partial charge in [-0.05, 0) is 12.1 Å². The largest absolute Gasteiger partial charge is 0.507 e. The van der Waals surface area contributed by atoms with Gasteiger partial charge < -0.3 is 15.7 Å². The van der Waals surface area contributed by atoms with E-state index in [0.717, 1.165) is 5.56 Å². The number of carbonyl (C=O) groups is 2. The highest BCUT2D eigenvalue weighted by atomic mass is 16.3. The van der Waals surface area contributed by atoms with Crippen LogP contribution in [-0.4, -0.2) is 40.2 Å². The average molecular weight is 350 g/mol. The number of nitrogens with one attached hydrogen (secondary N) is 3. The van der Waals surface area contributed by atoms with Crippen molar-refractivity contribution < 1.29 is 14.7 Å². The van der Waals surface area contributed by atoms with Gasteiger partial charge in [0.25, 0.3) is 11.8 Å². The van der Waals surface area contributed by atoms with E-state index in [0.29, 0.717) is 11.3 Å². The zero-order chi connectivity index (χ0) is 18.4. The molecule has 1 heterocycles. The van der Waals surface area contributed by atoms with Crippen molar-refractivity contribution in [2.75, 3.05) is 13.1 Å². The third-order valence-corrected chi connectivity index (χ3v) is 3.79. The first-order valence-corrected chi connectivity index (χ1v) is 8.10. The number of phenols is 1. The number of hydrogen-bond donors (Lipinski definition) is 4. The van der Waals surface area contributed by atoms with Crippen LogP contribution in [0.15, 0.2) is 60.8 Å². The van der Waals surface area contributed by atoms with Gasteiger partial charge in [0, 0.05) is 18.7 Å². The Morgan fingerprint density at radius 1 is 0.885 bits per heavy atom. The van der Waals surface area contributed by atoms with Gasteiger partial charge >= 0.3 is 0 Å². The minimum Gasteiger partial charge on any atom is -0.507 e. The van der Waals surface area contributed by atoms with E-state index in [-0.39, 0.29) is 30.3 Å². The number of H-pyrrole nitrogens is 1. The molecule has 1 aromatic heterocycles. The van der Waals surface area contributed by atoms with Crippen LogP contribution in [0.4, 0.5) is 0 Å². The molecule has 4 N–H and O–H groups in total. The fourth-order valence-corrected chi connectivity index (χ4v) is 2.49. The van der Waals surface area contributed by atoms with E-state index in [2.05, 4.69) is 20.8 Å². The Labute approximate surface area is 150 Å². The van der Waals surface area contributed by atoms with Crippen molar-refractivity contribution >= 4 is 11.8 Å². The number of benzene rings is 2. The summed E-state index contributed by atoms with van der Waals surface area (Å²) >= 11 is 0. The van der Waals surface area contributed by atoms with E-state index in [1.165, 1.54) is 18.3 Å². The van der Waals surface area contributed by atoms with Crippen molar-refractivity contribution in [3.63, 3.8) is 0 Å². The maximum absolute atomic E-state index is 12.3. The Morgan fingerprint density at radius 3 is 2.19 bits per heavy atom. The van der Waals surface area contributed by atoms with Crippen molar-refractivity contribution in [3.8, 4) is 17.0 Å². The number of carbonyl (C=O) groups excluding carboxylic acids is 2. The van der Waals surface area contributed by atoms with Gasteiger partial charge in [0.2, 0.25) is 0 Å². The van der Waals surface area contributed by atoms with E-state index in [1.807, 2.05) is 30.3 Å². The van der Waals surface area contributed by atoms with Gasteiger partial charge in [0.1, 0.15) is 5.75 Å². The van der Waals surface area contributed by atoms with Crippen LogP contribution >= 0.6 is 0 Å². The van der Waals surface area contributed by atoms with Crippen LogP contribution in [0, 0.1) is 0 Å². The summed E-state index contributed by atoms with van der Waals surface area (Å²) in [6.07, 6.45) is 1.47. The zero-order valence-electron chi connectivity index (χ0n) is 13.9. The van der Waals surface area contributed by atoms with Crippen LogP contribution in [0.2, 0.25) is 0 Å². The molecule has 3 rings (SSSR count). The molecule has 7 nitrogen and oxygen atoms in total. The molecule has 7 heteroatoms. The average Bonchev–Trinajstić information content (AvgIpc) is 3.16. The van der Waals surface area contributed by atoms with Crippen LogP contribution in [0.5, 0.6) is 5.75 Å². The predicted octanol–water partition coefficient (Wildman–Crippen LogP) is 1.94. The van der Waals surface area contributed by atoms with Gasteiger partial charge in [-0.2, -0.15) is 5.10 Å². The standard InChI is InChI=1S/C19H18N4O3/c24-16-9-5-4-8-14(16)18(25)20-10-11-21-19(26)15-12-22-23-17(15)13-6-2-1-3-7-13/h1-9,12,24H,10-11H2,(H,20,25)(H,21,26)(H,22,23). The number of amides is 2. The summed E-state index contributed by atoms with van der Waals surface area (Å²) in [7, 11) is 0. The van der Waals surface area contributed by atoms with Gasteiger partial charge in [-0.15, -0.1) is 0 Å². The molecular formula is C19H18N4O3. The highest BCUT2D eigenvalue weighted by Gasteiger charge is 2.15. The van der Waals surface area contributed by atoms with Crippen LogP contribution < -0.4 is 10.6 Å². The SMILES string of the molecule is O=C(NCCNC(=O)c1cn[nH]c1-c1ccccc1)c1ccccc1O. The van der Waals surface area contributed by atoms with E-state index >= 15 is 0 Å². The molecule has 0 atom stereocenters. The number of aromatic amines is 1. The maximum atomic E-state index is 12.3. The Kier molecular flexibility index (Phi) is 5.28. The lowest BCUT2D eigenvalue weighted by Gasteiger charge is -2.08. The zero-order valence-corrected chi connectivity index (χ0v) is 13.9. The van der Waals surface area contributed by atoms with E-state index < -0.39 is 5.91 Å². The fraction of sp³-hybridized carbons (Fsp3) is 0.105. The molecule has 0 aliphatic rings. The van der Waals surface area contributed by atoms with Crippen molar-refractivity contribution in [3.05, 3.63) is 71.9 Å². The molecule has 0 fully saturated rings. The Hall–Kier alpha value is -3.61. The number of phenolic OH excluding ortho intramolecular Hbond substituents is 1. The fourth-order valence-electron chi connectivity index (χ4n) is 2.49. The van der Waals surface area contributed by atoms with Crippen LogP contribution in [0.25, 0.3) is 11.3 Å². The quantitative estimate of drug-likeness (QED) is 0.510. The normalized spacial score (nSPS) is 10.3. The van der Waals surface area contributed by atoms with Crippen molar-refractivity contribution in [1.29, 1.82) is 0 Å². The molecule has 0 saturated heterocycles. The van der Waals surface area contributed by atoms with Crippen LogP contribution in [0.1, 0.15) is 20.7 Å². The van der Waals surface area contributed by atoms with E-state index in [4.69, 9.17) is 0 Å². The lowest BCUT2D eigenvalue weighted by molar-refractivity contribution is 0.0926. The number of para-hydroxylation sites is 1. The van der Waals surface area contributed by atoms with Crippen LogP contribution in [0.3, 0.4) is 0 Å². The lowest BCUT2D eigenvalue weighted by atomic mass is 10.1. The summed E-state index contributed by atoms with van der Waals surface area (Å²) in [5.74, 6) is -0.764. The van der Waals surface area contributed by atoms with Crippen molar-refractivity contribution in [1.82, 2.24) is 20.8 Å². The molecule has 0 bridgehead atoms. The molecule has 3 aromatic rings. The Morgan fingerprint density at radius 2 is 1.50 bits per heavy atom. The molecule has 0 radical (unpaired) electrons. The molecule has 2 amide bonds. The Bertz CT molecular complexity index is 906. The summed E-state index contributed by atoms with van der Waals surface area (Å²) in [6.45, 7) is 0.481. The predicted molar refractivity (Wildman–Crippen MR) is 96.8 cm³/mol. The number of hydrogen-bond acceptors (Lipinski definition) is 4. The number of aromatic nitrogens is 2. The second-order valence-corrected chi connectivity index (χ2v) is 5.55. The van der Waals surface area contributed by atoms with Crippen molar-refractivity contribution in [2.45, 2.75) is 0 Å². The summed E-state index contributed by atoms with van der Waals surface area (Å²) in [4.78, 5) is 24.3. The van der Waals surface area contributed by atoms with E-state index in [9.17, 15) is 14.7 Å². The Balaban J connectivity index is 1.54.